The Bertz CT molecular complexity index is 734. The molecule has 7 nitrogen and oxygen atoms in total. The maximum Gasteiger partial charge on any atom is 0.311 e. The van der Waals surface area contributed by atoms with Gasteiger partial charge in [0.15, 0.2) is 0 Å². The molecule has 1 aromatic carbocycles. The minimum absolute atomic E-state index is 0.189. The fourth-order valence-electron chi connectivity index (χ4n) is 3.95. The van der Waals surface area contributed by atoms with E-state index in [1.54, 1.807) is 30.2 Å². The number of methoxy groups -OCH3 is 1. The Kier molecular flexibility index (Phi) is 6.13. The molecule has 0 unspecified atom stereocenters. The second-order valence-electron chi connectivity index (χ2n) is 8.06. The molecule has 0 bridgehead atoms. The number of fused-ring (bicyclic) bond motifs is 1. The maximum atomic E-state index is 13.2. The van der Waals surface area contributed by atoms with E-state index in [9.17, 15) is 14.7 Å². The lowest BCUT2D eigenvalue weighted by Crippen LogP contribution is -2.45. The highest BCUT2D eigenvalue weighted by Gasteiger charge is 2.55. The molecular weight excluding hydrogens is 362 g/mol. The van der Waals surface area contributed by atoms with Crippen molar-refractivity contribution >= 4 is 11.9 Å². The first-order valence-electron chi connectivity index (χ1n) is 9.78. The number of aliphatic carboxylic acids is 1. The van der Waals surface area contributed by atoms with Crippen LogP contribution in [0.25, 0.3) is 0 Å². The minimum Gasteiger partial charge on any atom is -0.497 e. The van der Waals surface area contributed by atoms with Crippen LogP contribution in [-0.4, -0.2) is 61.9 Å². The van der Waals surface area contributed by atoms with Crippen LogP contribution in [0.3, 0.4) is 0 Å². The third-order valence-corrected chi connectivity index (χ3v) is 5.79. The lowest BCUT2D eigenvalue weighted by atomic mass is 9.74. The summed E-state index contributed by atoms with van der Waals surface area (Å²) in [6, 6.07) is 5.13. The molecule has 0 aromatic heterocycles. The van der Waals surface area contributed by atoms with E-state index in [2.05, 4.69) is 13.8 Å². The van der Waals surface area contributed by atoms with Gasteiger partial charge in [-0.05, 0) is 30.9 Å². The van der Waals surface area contributed by atoms with Gasteiger partial charge in [-0.2, -0.15) is 0 Å². The summed E-state index contributed by atoms with van der Waals surface area (Å²) in [4.78, 5) is 26.9. The summed E-state index contributed by atoms with van der Waals surface area (Å²) in [5.41, 5.74) is -0.483. The highest BCUT2D eigenvalue weighted by molar-refractivity contribution is 5.98. The van der Waals surface area contributed by atoms with Crippen molar-refractivity contribution in [3.05, 3.63) is 23.8 Å². The lowest BCUT2D eigenvalue weighted by molar-refractivity contribution is -0.157. The van der Waals surface area contributed by atoms with Gasteiger partial charge < -0.3 is 24.2 Å². The van der Waals surface area contributed by atoms with Crippen LogP contribution in [0, 0.1) is 17.3 Å². The second kappa shape index (κ2) is 8.39. The predicted molar refractivity (Wildman–Crippen MR) is 103 cm³/mol. The Morgan fingerprint density at radius 2 is 2.18 bits per heavy atom. The fraction of sp³-hybridized carbons (Fsp3) is 0.619. The van der Waals surface area contributed by atoms with E-state index in [1.165, 1.54) is 0 Å². The van der Waals surface area contributed by atoms with E-state index in [4.69, 9.17) is 14.2 Å². The van der Waals surface area contributed by atoms with Crippen molar-refractivity contribution in [2.45, 2.75) is 26.7 Å². The largest absolute Gasteiger partial charge is 0.497 e. The van der Waals surface area contributed by atoms with E-state index in [-0.39, 0.29) is 18.4 Å². The second-order valence-corrected chi connectivity index (χ2v) is 8.06. The Morgan fingerprint density at radius 1 is 1.39 bits per heavy atom. The summed E-state index contributed by atoms with van der Waals surface area (Å²) in [7, 11) is 1.57. The third kappa shape index (κ3) is 3.94. The van der Waals surface area contributed by atoms with Gasteiger partial charge in [-0.25, -0.2) is 0 Å². The fourth-order valence-corrected chi connectivity index (χ4v) is 3.95. The summed E-state index contributed by atoms with van der Waals surface area (Å²) < 4.78 is 16.6. The number of carboxylic acids is 1. The maximum absolute atomic E-state index is 13.2. The number of benzene rings is 1. The molecular formula is C21H29NO6. The van der Waals surface area contributed by atoms with Crippen molar-refractivity contribution in [1.29, 1.82) is 0 Å². The average Bonchev–Trinajstić information content (AvgIpc) is 3.08. The summed E-state index contributed by atoms with van der Waals surface area (Å²) >= 11 is 0. The van der Waals surface area contributed by atoms with Gasteiger partial charge in [-0.3, -0.25) is 9.59 Å². The zero-order valence-electron chi connectivity index (χ0n) is 16.8. The van der Waals surface area contributed by atoms with Crippen molar-refractivity contribution in [3.8, 4) is 11.5 Å². The zero-order chi connectivity index (χ0) is 20.3. The lowest BCUT2D eigenvalue weighted by Gasteiger charge is -2.33. The van der Waals surface area contributed by atoms with Gasteiger partial charge in [0, 0.05) is 31.7 Å². The van der Waals surface area contributed by atoms with Crippen LogP contribution in [0.1, 0.15) is 37.0 Å². The molecule has 7 heteroatoms. The van der Waals surface area contributed by atoms with E-state index in [0.717, 1.165) is 6.42 Å². The van der Waals surface area contributed by atoms with Crippen LogP contribution in [0.15, 0.2) is 18.2 Å². The topological polar surface area (TPSA) is 85.3 Å². The molecule has 3 rings (SSSR count). The van der Waals surface area contributed by atoms with Gasteiger partial charge in [-0.15, -0.1) is 0 Å². The molecule has 2 fully saturated rings. The molecule has 1 amide bonds. The van der Waals surface area contributed by atoms with Crippen molar-refractivity contribution in [3.63, 3.8) is 0 Å². The number of likely N-dealkylation sites (tertiary alicyclic amines) is 1. The minimum atomic E-state index is -0.918. The van der Waals surface area contributed by atoms with Gasteiger partial charge in [0.05, 0.1) is 31.3 Å². The van der Waals surface area contributed by atoms with Crippen molar-refractivity contribution in [2.24, 2.45) is 17.3 Å². The average molecular weight is 391 g/mol. The number of carbonyl (C=O) groups excluding carboxylic acids is 1. The molecule has 2 heterocycles. The van der Waals surface area contributed by atoms with Crippen LogP contribution in [0.5, 0.6) is 11.5 Å². The van der Waals surface area contributed by atoms with Crippen LogP contribution < -0.4 is 9.47 Å². The number of carbonyl (C=O) groups is 2. The Labute approximate surface area is 165 Å². The van der Waals surface area contributed by atoms with Gasteiger partial charge >= 0.3 is 5.97 Å². The molecule has 28 heavy (non-hydrogen) atoms. The highest BCUT2D eigenvalue weighted by atomic mass is 16.5. The number of hydrogen-bond acceptors (Lipinski definition) is 5. The van der Waals surface area contributed by atoms with E-state index in [0.29, 0.717) is 55.8 Å². The zero-order valence-corrected chi connectivity index (χ0v) is 16.8. The van der Waals surface area contributed by atoms with Crippen molar-refractivity contribution < 1.29 is 28.9 Å². The van der Waals surface area contributed by atoms with Gasteiger partial charge in [0.25, 0.3) is 5.91 Å². The van der Waals surface area contributed by atoms with Crippen LogP contribution in [-0.2, 0) is 9.53 Å². The molecule has 0 saturated carbocycles. The Hall–Kier alpha value is -2.28. The number of nitrogens with zero attached hydrogens (tertiary/aromatic N) is 1. The number of hydrogen-bond donors (Lipinski definition) is 1. The number of amides is 1. The number of rotatable bonds is 7. The highest BCUT2D eigenvalue weighted by Crippen LogP contribution is 2.43. The molecule has 154 valence electrons. The van der Waals surface area contributed by atoms with Crippen molar-refractivity contribution in [1.82, 2.24) is 4.90 Å². The monoisotopic (exact) mass is 391 g/mol. The molecule has 0 aliphatic carbocycles. The summed E-state index contributed by atoms with van der Waals surface area (Å²) in [5.74, 6) is 0.326. The summed E-state index contributed by atoms with van der Waals surface area (Å²) in [5, 5.41) is 9.83. The first-order chi connectivity index (χ1) is 13.4. The van der Waals surface area contributed by atoms with E-state index >= 15 is 0 Å². The van der Waals surface area contributed by atoms with Gasteiger partial charge in [0.2, 0.25) is 0 Å². The number of carboxylic acid groups (broad SMARTS) is 1. The molecule has 1 N–H and O–H groups in total. The first kappa shape index (κ1) is 20.5. The van der Waals surface area contributed by atoms with E-state index in [1.807, 2.05) is 0 Å². The Morgan fingerprint density at radius 3 is 2.82 bits per heavy atom. The number of ether oxygens (including phenoxy) is 3. The van der Waals surface area contributed by atoms with Gasteiger partial charge in [0.1, 0.15) is 11.5 Å². The normalized spacial score (nSPS) is 24.1. The summed E-state index contributed by atoms with van der Waals surface area (Å²) in [6.07, 6.45) is 1.30. The van der Waals surface area contributed by atoms with Crippen molar-refractivity contribution in [2.75, 3.05) is 40.0 Å². The third-order valence-electron chi connectivity index (χ3n) is 5.79. The van der Waals surface area contributed by atoms with Crippen LogP contribution in [0.2, 0.25) is 0 Å². The standard InChI is InChI=1S/C21H29NO6/c1-14(2)6-8-28-18-10-16(26-3)4-5-17(18)19(23)22-11-15-12-27-9-7-21(15,13-22)20(24)25/h4-5,10,14-15H,6-9,11-13H2,1-3H3,(H,24,25)/t15-,21+/m0/s1. The van der Waals surface area contributed by atoms with Gasteiger partial charge in [-0.1, -0.05) is 13.8 Å². The molecule has 2 aliphatic heterocycles. The quantitative estimate of drug-likeness (QED) is 0.769. The molecule has 1 aromatic rings. The predicted octanol–water partition coefficient (Wildman–Crippen LogP) is 2.68. The first-order valence-corrected chi connectivity index (χ1v) is 9.78. The molecule has 2 atom stereocenters. The molecule has 0 spiro atoms. The SMILES string of the molecule is COc1ccc(C(=O)N2C[C@H]3COCC[C@@]3(C(=O)O)C2)c(OCCC(C)C)c1. The molecule has 2 saturated heterocycles. The van der Waals surface area contributed by atoms with Crippen LogP contribution >= 0.6 is 0 Å². The Balaban J connectivity index is 1.82. The van der Waals surface area contributed by atoms with E-state index < -0.39 is 11.4 Å². The summed E-state index contributed by atoms with van der Waals surface area (Å²) in [6.45, 7) is 6.09. The smallest absolute Gasteiger partial charge is 0.311 e. The van der Waals surface area contributed by atoms with Crippen LogP contribution in [0.4, 0.5) is 0 Å². The molecule has 2 aliphatic rings. The molecule has 0 radical (unpaired) electrons.